The van der Waals surface area contributed by atoms with Gasteiger partial charge in [-0.25, -0.2) is 4.98 Å². The van der Waals surface area contributed by atoms with Gasteiger partial charge in [0.1, 0.15) is 11.3 Å². The summed E-state index contributed by atoms with van der Waals surface area (Å²) in [5.41, 5.74) is 7.60. The molecule has 18 heavy (non-hydrogen) atoms. The molecule has 88 valence electrons. The maximum atomic E-state index is 5.61. The minimum absolute atomic E-state index is 0.479. The van der Waals surface area contributed by atoms with E-state index in [1.54, 1.807) is 42.7 Å². The number of fused-ring (bicyclic) bond motifs is 1. The lowest BCUT2D eigenvalue weighted by Crippen LogP contribution is -1.91. The van der Waals surface area contributed by atoms with Crippen LogP contribution >= 0.6 is 0 Å². The molecule has 0 amide bonds. The topological polar surface area (TPSA) is 73.9 Å². The van der Waals surface area contributed by atoms with E-state index in [0.717, 1.165) is 5.52 Å². The van der Waals surface area contributed by atoms with Crippen LogP contribution in [-0.2, 0) is 0 Å². The molecule has 5 heteroatoms. The number of benzene rings is 1. The van der Waals surface area contributed by atoms with Crippen LogP contribution in [-0.4, -0.2) is 15.0 Å². The third-order valence-corrected chi connectivity index (χ3v) is 2.41. The second-order valence-electron chi connectivity index (χ2n) is 3.72. The molecule has 2 heterocycles. The van der Waals surface area contributed by atoms with Gasteiger partial charge in [0.05, 0.1) is 0 Å². The Bertz CT molecular complexity index is 682. The van der Waals surface area contributed by atoms with E-state index in [9.17, 15) is 0 Å². The van der Waals surface area contributed by atoms with Crippen LogP contribution < -0.4 is 10.5 Å². The van der Waals surface area contributed by atoms with Gasteiger partial charge < -0.3 is 10.5 Å². The average Bonchev–Trinajstić information content (AvgIpc) is 2.41. The molecular formula is C13H10N4O. The predicted octanol–water partition coefficient (Wildman–Crippen LogP) is 2.40. The van der Waals surface area contributed by atoms with Gasteiger partial charge in [0.2, 0.25) is 5.88 Å². The molecular weight excluding hydrogens is 228 g/mol. The molecule has 2 N–H and O–H groups in total. The van der Waals surface area contributed by atoms with Crippen molar-refractivity contribution in [3.63, 3.8) is 0 Å². The second kappa shape index (κ2) is 4.29. The van der Waals surface area contributed by atoms with Crippen molar-refractivity contribution in [2.24, 2.45) is 0 Å². The standard InChI is InChI=1S/C13H10N4O/c14-9-1-3-10(4-2-9)18-12-6-5-11-13(17-12)16-8-7-15-11/h1-8H,14H2. The van der Waals surface area contributed by atoms with Gasteiger partial charge in [-0.15, -0.1) is 0 Å². The second-order valence-corrected chi connectivity index (χ2v) is 3.72. The molecule has 0 spiro atoms. The van der Waals surface area contributed by atoms with Gasteiger partial charge in [-0.05, 0) is 30.3 Å². The summed E-state index contributed by atoms with van der Waals surface area (Å²) in [4.78, 5) is 12.5. The number of aromatic nitrogens is 3. The number of nitrogens with two attached hydrogens (primary N) is 1. The van der Waals surface area contributed by atoms with Crippen LogP contribution in [0.2, 0.25) is 0 Å². The summed E-state index contributed by atoms with van der Waals surface area (Å²) >= 11 is 0. The van der Waals surface area contributed by atoms with Gasteiger partial charge in [-0.3, -0.25) is 4.98 Å². The fourth-order valence-corrected chi connectivity index (χ4v) is 1.55. The van der Waals surface area contributed by atoms with Gasteiger partial charge in [0.25, 0.3) is 0 Å². The molecule has 2 aromatic heterocycles. The van der Waals surface area contributed by atoms with E-state index in [4.69, 9.17) is 10.5 Å². The lowest BCUT2D eigenvalue weighted by molar-refractivity contribution is 0.465. The first kappa shape index (κ1) is 10.5. The number of ether oxygens (including phenoxy) is 1. The number of hydrogen-bond donors (Lipinski definition) is 1. The van der Waals surface area contributed by atoms with Crippen molar-refractivity contribution in [3.8, 4) is 11.6 Å². The van der Waals surface area contributed by atoms with Crippen molar-refractivity contribution in [2.45, 2.75) is 0 Å². The Hall–Kier alpha value is -2.69. The molecule has 0 saturated heterocycles. The quantitative estimate of drug-likeness (QED) is 0.694. The third-order valence-electron chi connectivity index (χ3n) is 2.41. The summed E-state index contributed by atoms with van der Waals surface area (Å²) in [6.45, 7) is 0. The van der Waals surface area contributed by atoms with Crippen molar-refractivity contribution >= 4 is 16.9 Å². The minimum atomic E-state index is 0.479. The zero-order valence-corrected chi connectivity index (χ0v) is 9.45. The molecule has 0 radical (unpaired) electrons. The van der Waals surface area contributed by atoms with E-state index >= 15 is 0 Å². The molecule has 0 atom stereocenters. The van der Waals surface area contributed by atoms with E-state index in [1.165, 1.54) is 0 Å². The van der Waals surface area contributed by atoms with Crippen LogP contribution in [0.5, 0.6) is 11.6 Å². The molecule has 1 aromatic carbocycles. The smallest absolute Gasteiger partial charge is 0.221 e. The Labute approximate surface area is 103 Å². The number of hydrogen-bond acceptors (Lipinski definition) is 5. The van der Waals surface area contributed by atoms with Gasteiger partial charge in [-0.2, -0.15) is 4.98 Å². The van der Waals surface area contributed by atoms with Crippen molar-refractivity contribution in [3.05, 3.63) is 48.8 Å². The average molecular weight is 238 g/mol. The largest absolute Gasteiger partial charge is 0.439 e. The Morgan fingerprint density at radius 2 is 1.67 bits per heavy atom. The summed E-state index contributed by atoms with van der Waals surface area (Å²) in [7, 11) is 0. The molecule has 0 aliphatic carbocycles. The molecule has 0 saturated carbocycles. The normalized spacial score (nSPS) is 10.4. The van der Waals surface area contributed by atoms with Crippen LogP contribution in [0.3, 0.4) is 0 Å². The first-order valence-corrected chi connectivity index (χ1v) is 5.42. The fraction of sp³-hybridized carbons (Fsp3) is 0. The fourth-order valence-electron chi connectivity index (χ4n) is 1.55. The SMILES string of the molecule is Nc1ccc(Oc2ccc3nccnc3n2)cc1. The van der Waals surface area contributed by atoms with Gasteiger partial charge in [0, 0.05) is 24.1 Å². The first-order valence-electron chi connectivity index (χ1n) is 5.42. The maximum Gasteiger partial charge on any atom is 0.221 e. The summed E-state index contributed by atoms with van der Waals surface area (Å²) in [5, 5.41) is 0. The zero-order valence-electron chi connectivity index (χ0n) is 9.45. The third kappa shape index (κ3) is 2.06. The highest BCUT2D eigenvalue weighted by atomic mass is 16.5. The highest BCUT2D eigenvalue weighted by Gasteiger charge is 2.02. The molecule has 0 aliphatic rings. The Balaban J connectivity index is 1.92. The van der Waals surface area contributed by atoms with Gasteiger partial charge >= 0.3 is 0 Å². The molecule has 0 unspecified atom stereocenters. The van der Waals surface area contributed by atoms with E-state index in [1.807, 2.05) is 6.07 Å². The number of nitrogen functional groups attached to an aromatic ring is 1. The minimum Gasteiger partial charge on any atom is -0.439 e. The Kier molecular flexibility index (Phi) is 2.49. The van der Waals surface area contributed by atoms with Crippen LogP contribution in [0.15, 0.2) is 48.8 Å². The van der Waals surface area contributed by atoms with Crippen molar-refractivity contribution in [1.82, 2.24) is 15.0 Å². The lowest BCUT2D eigenvalue weighted by Gasteiger charge is -2.05. The number of rotatable bonds is 2. The Morgan fingerprint density at radius 1 is 0.889 bits per heavy atom. The van der Waals surface area contributed by atoms with Gasteiger partial charge in [0.15, 0.2) is 5.65 Å². The highest BCUT2D eigenvalue weighted by Crippen LogP contribution is 2.21. The summed E-state index contributed by atoms with van der Waals surface area (Å²) < 4.78 is 5.61. The molecule has 0 fully saturated rings. The monoisotopic (exact) mass is 238 g/mol. The van der Waals surface area contributed by atoms with Crippen LogP contribution in [0, 0.1) is 0 Å². The van der Waals surface area contributed by atoms with E-state index in [0.29, 0.717) is 23.0 Å². The molecule has 0 aliphatic heterocycles. The van der Waals surface area contributed by atoms with Crippen molar-refractivity contribution < 1.29 is 4.74 Å². The first-order chi connectivity index (χ1) is 8.81. The molecule has 5 nitrogen and oxygen atoms in total. The van der Waals surface area contributed by atoms with E-state index < -0.39 is 0 Å². The molecule has 0 bridgehead atoms. The van der Waals surface area contributed by atoms with Crippen LogP contribution in [0.25, 0.3) is 11.2 Å². The summed E-state index contributed by atoms with van der Waals surface area (Å²) in [6.07, 6.45) is 3.23. The van der Waals surface area contributed by atoms with Crippen molar-refractivity contribution in [2.75, 3.05) is 5.73 Å². The molecule has 3 aromatic rings. The highest BCUT2D eigenvalue weighted by molar-refractivity contribution is 5.69. The maximum absolute atomic E-state index is 5.61. The summed E-state index contributed by atoms with van der Waals surface area (Å²) in [6, 6.07) is 10.7. The van der Waals surface area contributed by atoms with Crippen LogP contribution in [0.1, 0.15) is 0 Å². The number of anilines is 1. The van der Waals surface area contributed by atoms with Gasteiger partial charge in [-0.1, -0.05) is 0 Å². The van der Waals surface area contributed by atoms with Crippen LogP contribution in [0.4, 0.5) is 5.69 Å². The Morgan fingerprint density at radius 3 is 2.50 bits per heavy atom. The predicted molar refractivity (Wildman–Crippen MR) is 68.3 cm³/mol. The van der Waals surface area contributed by atoms with E-state index in [2.05, 4.69) is 15.0 Å². The number of nitrogens with zero attached hydrogens (tertiary/aromatic N) is 3. The van der Waals surface area contributed by atoms with Crippen molar-refractivity contribution in [1.29, 1.82) is 0 Å². The zero-order chi connectivity index (χ0) is 12.4. The number of pyridine rings is 1. The van der Waals surface area contributed by atoms with E-state index in [-0.39, 0.29) is 0 Å². The lowest BCUT2D eigenvalue weighted by atomic mass is 10.3. The molecule has 3 rings (SSSR count). The summed E-state index contributed by atoms with van der Waals surface area (Å²) in [5.74, 6) is 1.16.